The first-order chi connectivity index (χ1) is 11.5. The van der Waals surface area contributed by atoms with Crippen LogP contribution in [-0.4, -0.2) is 18.6 Å². The van der Waals surface area contributed by atoms with Gasteiger partial charge in [0.25, 0.3) is 0 Å². The first-order valence-electron chi connectivity index (χ1n) is 7.72. The predicted molar refractivity (Wildman–Crippen MR) is 97.4 cm³/mol. The Kier molecular flexibility index (Phi) is 6.44. The molecule has 0 aromatic heterocycles. The van der Waals surface area contributed by atoms with E-state index in [0.717, 1.165) is 11.4 Å². The molecule has 0 heterocycles. The monoisotopic (exact) mass is 349 g/mol. The van der Waals surface area contributed by atoms with Crippen molar-refractivity contribution in [1.29, 1.82) is 0 Å². The summed E-state index contributed by atoms with van der Waals surface area (Å²) in [5.74, 6) is 0.727. The molecule has 3 N–H and O–H groups in total. The zero-order valence-corrected chi connectivity index (χ0v) is 14.5. The van der Waals surface area contributed by atoms with Crippen LogP contribution in [0.4, 0.5) is 10.1 Å². The molecule has 2 aromatic carbocycles. The first-order valence-corrected chi connectivity index (χ1v) is 8.10. The Morgan fingerprint density at radius 1 is 1.25 bits per heavy atom. The Balaban J connectivity index is 1.90. The molecule has 0 radical (unpaired) electrons. The maximum Gasteiger partial charge on any atom is 0.193 e. The molecule has 2 aromatic rings. The van der Waals surface area contributed by atoms with E-state index in [4.69, 9.17) is 22.1 Å². The third-order valence-electron chi connectivity index (χ3n) is 3.20. The van der Waals surface area contributed by atoms with Gasteiger partial charge in [-0.25, -0.2) is 4.39 Å². The van der Waals surface area contributed by atoms with Crippen LogP contribution < -0.4 is 15.8 Å². The molecule has 0 unspecified atom stereocenters. The van der Waals surface area contributed by atoms with Crippen molar-refractivity contribution in [3.8, 4) is 5.75 Å². The fourth-order valence-electron chi connectivity index (χ4n) is 2.14. The highest BCUT2D eigenvalue weighted by Crippen LogP contribution is 2.19. The molecule has 0 saturated heterocycles. The van der Waals surface area contributed by atoms with Gasteiger partial charge in [-0.05, 0) is 56.7 Å². The van der Waals surface area contributed by atoms with Gasteiger partial charge < -0.3 is 15.8 Å². The van der Waals surface area contributed by atoms with Crippen LogP contribution in [0.1, 0.15) is 19.4 Å². The van der Waals surface area contributed by atoms with Crippen molar-refractivity contribution in [2.75, 3.05) is 11.9 Å². The van der Waals surface area contributed by atoms with Gasteiger partial charge >= 0.3 is 0 Å². The summed E-state index contributed by atoms with van der Waals surface area (Å²) in [5, 5.41) is 3.38. The van der Waals surface area contributed by atoms with Crippen molar-refractivity contribution in [2.24, 2.45) is 10.7 Å². The van der Waals surface area contributed by atoms with E-state index in [1.54, 1.807) is 12.1 Å². The maximum absolute atomic E-state index is 13.7. The number of nitrogens with zero attached hydrogens (tertiary/aromatic N) is 1. The summed E-state index contributed by atoms with van der Waals surface area (Å²) in [6.45, 7) is 4.28. The summed E-state index contributed by atoms with van der Waals surface area (Å²) in [5.41, 5.74) is 7.10. The molecule has 2 rings (SSSR count). The fourth-order valence-corrected chi connectivity index (χ4v) is 2.39. The standard InChI is InChI=1S/C18H21ClFN3O/c1-12(2)24-14-8-6-13(7-9-14)23-18(21)22-11-10-15-16(19)4-3-5-17(15)20/h3-9,12H,10-11H2,1-2H3,(H3,21,22,23). The summed E-state index contributed by atoms with van der Waals surface area (Å²) in [7, 11) is 0. The minimum absolute atomic E-state index is 0.126. The van der Waals surface area contributed by atoms with Crippen molar-refractivity contribution in [3.63, 3.8) is 0 Å². The minimum Gasteiger partial charge on any atom is -0.491 e. The third kappa shape index (κ3) is 5.42. The van der Waals surface area contributed by atoms with E-state index in [-0.39, 0.29) is 17.9 Å². The molecule has 0 aliphatic rings. The molecule has 0 atom stereocenters. The second-order valence-corrected chi connectivity index (χ2v) is 5.94. The van der Waals surface area contributed by atoms with Gasteiger partial charge in [0.2, 0.25) is 0 Å². The van der Waals surface area contributed by atoms with Crippen LogP contribution in [0.15, 0.2) is 47.5 Å². The first kappa shape index (κ1) is 18.1. The Bertz CT molecular complexity index is 682. The lowest BCUT2D eigenvalue weighted by Gasteiger charge is -2.11. The van der Waals surface area contributed by atoms with E-state index in [9.17, 15) is 4.39 Å². The van der Waals surface area contributed by atoms with Gasteiger partial charge in [-0.1, -0.05) is 17.7 Å². The van der Waals surface area contributed by atoms with Crippen LogP contribution >= 0.6 is 11.6 Å². The second-order valence-electron chi connectivity index (χ2n) is 5.53. The molecule has 0 aliphatic carbocycles. The zero-order chi connectivity index (χ0) is 17.5. The van der Waals surface area contributed by atoms with Gasteiger partial charge in [-0.15, -0.1) is 0 Å². The molecule has 0 saturated carbocycles. The normalized spacial score (nSPS) is 11.6. The van der Waals surface area contributed by atoms with E-state index < -0.39 is 0 Å². The maximum atomic E-state index is 13.7. The topological polar surface area (TPSA) is 59.6 Å². The van der Waals surface area contributed by atoms with Gasteiger partial charge in [0.15, 0.2) is 5.96 Å². The number of nitrogens with two attached hydrogens (primary N) is 1. The third-order valence-corrected chi connectivity index (χ3v) is 3.56. The average Bonchev–Trinajstić information content (AvgIpc) is 2.52. The highest BCUT2D eigenvalue weighted by atomic mass is 35.5. The number of nitrogens with one attached hydrogen (secondary N) is 1. The number of guanidine groups is 1. The van der Waals surface area contributed by atoms with Gasteiger partial charge in [-0.2, -0.15) is 0 Å². The zero-order valence-electron chi connectivity index (χ0n) is 13.7. The fraction of sp³-hybridized carbons (Fsp3) is 0.278. The number of benzene rings is 2. The molecule has 0 bridgehead atoms. The van der Waals surface area contributed by atoms with Gasteiger partial charge in [-0.3, -0.25) is 4.99 Å². The molecule has 0 amide bonds. The molecule has 4 nitrogen and oxygen atoms in total. The molecule has 24 heavy (non-hydrogen) atoms. The van der Waals surface area contributed by atoms with Gasteiger partial charge in [0, 0.05) is 22.8 Å². The molecule has 0 aliphatic heterocycles. The van der Waals surface area contributed by atoms with Gasteiger partial charge in [0.1, 0.15) is 11.6 Å². The number of hydrogen-bond donors (Lipinski definition) is 2. The lowest BCUT2D eigenvalue weighted by Crippen LogP contribution is -2.23. The molecule has 0 fully saturated rings. The summed E-state index contributed by atoms with van der Waals surface area (Å²) >= 11 is 5.98. The summed E-state index contributed by atoms with van der Waals surface area (Å²) < 4.78 is 19.2. The number of aliphatic imine (C=N–C) groups is 1. The highest BCUT2D eigenvalue weighted by Gasteiger charge is 2.06. The number of anilines is 1. The molecular formula is C18H21ClFN3O. The van der Waals surface area contributed by atoms with Crippen LogP contribution in [0, 0.1) is 5.82 Å². The minimum atomic E-state index is -0.329. The Labute approximate surface area is 146 Å². The van der Waals surface area contributed by atoms with Crippen LogP contribution in [0.25, 0.3) is 0 Å². The second kappa shape index (κ2) is 8.55. The van der Waals surface area contributed by atoms with Crippen LogP contribution in [0.2, 0.25) is 5.02 Å². The molecule has 6 heteroatoms. The SMILES string of the molecule is CC(C)Oc1ccc(NC(N)=NCCc2c(F)cccc2Cl)cc1. The van der Waals surface area contributed by atoms with Crippen molar-refractivity contribution in [1.82, 2.24) is 0 Å². The average molecular weight is 350 g/mol. The number of halogens is 2. The van der Waals surface area contributed by atoms with Crippen LogP contribution in [-0.2, 0) is 6.42 Å². The van der Waals surface area contributed by atoms with Crippen LogP contribution in [0.3, 0.4) is 0 Å². The van der Waals surface area contributed by atoms with Crippen molar-refractivity contribution in [2.45, 2.75) is 26.4 Å². The van der Waals surface area contributed by atoms with E-state index in [1.165, 1.54) is 6.07 Å². The Hall–Kier alpha value is -2.27. The van der Waals surface area contributed by atoms with Crippen molar-refractivity contribution in [3.05, 3.63) is 58.9 Å². The number of rotatable bonds is 6. The molecule has 0 spiro atoms. The Morgan fingerprint density at radius 3 is 2.58 bits per heavy atom. The lowest BCUT2D eigenvalue weighted by atomic mass is 10.1. The van der Waals surface area contributed by atoms with Crippen molar-refractivity contribution >= 4 is 23.2 Å². The molecule has 128 valence electrons. The van der Waals surface area contributed by atoms with E-state index >= 15 is 0 Å². The predicted octanol–water partition coefficient (Wildman–Crippen LogP) is 4.24. The summed E-state index contributed by atoms with van der Waals surface area (Å²) in [4.78, 5) is 4.19. The lowest BCUT2D eigenvalue weighted by molar-refractivity contribution is 0.242. The molecular weight excluding hydrogens is 329 g/mol. The quantitative estimate of drug-likeness (QED) is 0.606. The number of hydrogen-bond acceptors (Lipinski definition) is 2. The van der Waals surface area contributed by atoms with Crippen LogP contribution in [0.5, 0.6) is 5.75 Å². The summed E-state index contributed by atoms with van der Waals surface area (Å²) in [6, 6.07) is 12.0. The smallest absolute Gasteiger partial charge is 0.193 e. The largest absolute Gasteiger partial charge is 0.491 e. The van der Waals surface area contributed by atoms with E-state index in [1.807, 2.05) is 38.1 Å². The highest BCUT2D eigenvalue weighted by molar-refractivity contribution is 6.31. The van der Waals surface area contributed by atoms with E-state index in [2.05, 4.69) is 10.3 Å². The number of ether oxygens (including phenoxy) is 1. The Morgan fingerprint density at radius 2 is 1.96 bits per heavy atom. The van der Waals surface area contributed by atoms with E-state index in [0.29, 0.717) is 23.6 Å². The van der Waals surface area contributed by atoms with Gasteiger partial charge in [0.05, 0.1) is 6.10 Å². The van der Waals surface area contributed by atoms with Crippen molar-refractivity contribution < 1.29 is 9.13 Å². The summed E-state index contributed by atoms with van der Waals surface area (Å²) in [6.07, 6.45) is 0.510.